The summed E-state index contributed by atoms with van der Waals surface area (Å²) in [7, 11) is 0. The molecule has 5 heteroatoms. The van der Waals surface area contributed by atoms with Gasteiger partial charge in [0.15, 0.2) is 0 Å². The molecule has 0 aromatic carbocycles. The van der Waals surface area contributed by atoms with Gasteiger partial charge in [-0.05, 0) is 26.2 Å². The van der Waals surface area contributed by atoms with E-state index in [1.807, 2.05) is 20.8 Å². The molecule has 0 aliphatic carbocycles. The Labute approximate surface area is 102 Å². The van der Waals surface area contributed by atoms with Crippen LogP contribution in [0, 0.1) is 19.8 Å². The van der Waals surface area contributed by atoms with Crippen LogP contribution in [0.3, 0.4) is 0 Å². The van der Waals surface area contributed by atoms with Crippen LogP contribution >= 0.6 is 0 Å². The summed E-state index contributed by atoms with van der Waals surface area (Å²) >= 11 is 0. The topological polar surface area (TPSA) is 80.9 Å². The maximum atomic E-state index is 11.8. The first-order valence-electron chi connectivity index (χ1n) is 5.77. The predicted molar refractivity (Wildman–Crippen MR) is 67.6 cm³/mol. The summed E-state index contributed by atoms with van der Waals surface area (Å²) in [5.74, 6) is 1.35. The summed E-state index contributed by atoms with van der Waals surface area (Å²) in [5.41, 5.74) is 6.61. The van der Waals surface area contributed by atoms with E-state index >= 15 is 0 Å². The van der Waals surface area contributed by atoms with Gasteiger partial charge in [-0.1, -0.05) is 13.8 Å². The third-order valence-electron chi connectivity index (χ3n) is 2.28. The largest absolute Gasteiger partial charge is 0.320 e. The highest BCUT2D eigenvalue weighted by Gasteiger charge is 2.15. The van der Waals surface area contributed by atoms with Crippen molar-refractivity contribution >= 4 is 11.7 Å². The molecule has 1 aromatic heterocycles. The minimum atomic E-state index is -0.495. The lowest BCUT2D eigenvalue weighted by Crippen LogP contribution is -2.36. The molecule has 3 N–H and O–H groups in total. The second-order valence-corrected chi connectivity index (χ2v) is 4.67. The first-order chi connectivity index (χ1) is 7.88. The molecule has 0 unspecified atom stereocenters. The van der Waals surface area contributed by atoms with Gasteiger partial charge in [0.05, 0.1) is 6.04 Å². The van der Waals surface area contributed by atoms with Gasteiger partial charge in [-0.2, -0.15) is 0 Å². The number of nitrogens with one attached hydrogen (secondary N) is 1. The molecule has 1 aromatic rings. The van der Waals surface area contributed by atoms with E-state index in [9.17, 15) is 4.79 Å². The number of carbonyl (C=O) groups excluding carboxylic acids is 1. The standard InChI is InChI=1S/C12H20N4O/c1-7(2)5-10(13)12(17)16-11-6-8(3)14-9(4)15-11/h6-7,10H,5,13H2,1-4H3,(H,14,15,16,17)/t10-/m1/s1. The van der Waals surface area contributed by atoms with E-state index in [4.69, 9.17) is 5.73 Å². The molecule has 1 atom stereocenters. The Kier molecular flexibility index (Phi) is 4.57. The zero-order chi connectivity index (χ0) is 13.0. The quantitative estimate of drug-likeness (QED) is 0.828. The lowest BCUT2D eigenvalue weighted by atomic mass is 10.0. The van der Waals surface area contributed by atoms with Gasteiger partial charge < -0.3 is 11.1 Å². The fourth-order valence-electron chi connectivity index (χ4n) is 1.61. The average Bonchev–Trinajstić information content (AvgIpc) is 2.14. The summed E-state index contributed by atoms with van der Waals surface area (Å²) in [6, 6.07) is 1.23. The Hall–Kier alpha value is -1.49. The first kappa shape index (κ1) is 13.6. The Bertz CT molecular complexity index is 383. The van der Waals surface area contributed by atoms with Gasteiger partial charge in [-0.3, -0.25) is 4.79 Å². The Morgan fingerprint density at radius 3 is 2.59 bits per heavy atom. The maximum Gasteiger partial charge on any atom is 0.242 e. The third kappa shape index (κ3) is 4.48. The zero-order valence-corrected chi connectivity index (χ0v) is 10.8. The van der Waals surface area contributed by atoms with E-state index in [1.165, 1.54) is 0 Å². The van der Waals surface area contributed by atoms with Gasteiger partial charge in [0.1, 0.15) is 11.6 Å². The molecular weight excluding hydrogens is 216 g/mol. The smallest absolute Gasteiger partial charge is 0.242 e. The fraction of sp³-hybridized carbons (Fsp3) is 0.583. The summed E-state index contributed by atoms with van der Waals surface area (Å²) in [6.07, 6.45) is 0.662. The minimum Gasteiger partial charge on any atom is -0.320 e. The summed E-state index contributed by atoms with van der Waals surface area (Å²) in [5, 5.41) is 2.71. The van der Waals surface area contributed by atoms with Crippen molar-refractivity contribution in [2.45, 2.75) is 40.2 Å². The summed E-state index contributed by atoms with van der Waals surface area (Å²) in [6.45, 7) is 7.72. The maximum absolute atomic E-state index is 11.8. The van der Waals surface area contributed by atoms with Crippen molar-refractivity contribution < 1.29 is 4.79 Å². The van der Waals surface area contributed by atoms with E-state index in [0.717, 1.165) is 5.69 Å². The molecule has 1 amide bonds. The van der Waals surface area contributed by atoms with Crippen molar-refractivity contribution in [1.82, 2.24) is 9.97 Å². The van der Waals surface area contributed by atoms with Crippen LogP contribution in [0.15, 0.2) is 6.07 Å². The van der Waals surface area contributed by atoms with E-state index in [0.29, 0.717) is 24.0 Å². The number of hydrogen-bond acceptors (Lipinski definition) is 4. The Morgan fingerprint density at radius 1 is 1.41 bits per heavy atom. The van der Waals surface area contributed by atoms with Crippen LogP contribution in [0.4, 0.5) is 5.82 Å². The van der Waals surface area contributed by atoms with Crippen LogP contribution in [0.25, 0.3) is 0 Å². The van der Waals surface area contributed by atoms with Gasteiger partial charge in [0.2, 0.25) is 5.91 Å². The van der Waals surface area contributed by atoms with Crippen LogP contribution in [0.1, 0.15) is 31.8 Å². The molecule has 1 heterocycles. The Balaban J connectivity index is 2.67. The van der Waals surface area contributed by atoms with Crippen molar-refractivity contribution in [3.05, 3.63) is 17.6 Å². The summed E-state index contributed by atoms with van der Waals surface area (Å²) in [4.78, 5) is 20.1. The van der Waals surface area contributed by atoms with Crippen LogP contribution in [0.5, 0.6) is 0 Å². The first-order valence-corrected chi connectivity index (χ1v) is 5.77. The molecule has 0 aliphatic heterocycles. The second-order valence-electron chi connectivity index (χ2n) is 4.67. The van der Waals surface area contributed by atoms with E-state index in [2.05, 4.69) is 15.3 Å². The SMILES string of the molecule is Cc1cc(NC(=O)[C@H](N)CC(C)C)nc(C)n1. The molecule has 0 saturated carbocycles. The molecule has 0 aliphatic rings. The average molecular weight is 236 g/mol. The lowest BCUT2D eigenvalue weighted by molar-refractivity contribution is -0.117. The highest BCUT2D eigenvalue weighted by Crippen LogP contribution is 2.08. The van der Waals surface area contributed by atoms with Crippen LogP contribution in [-0.2, 0) is 4.79 Å². The molecule has 0 saturated heterocycles. The molecule has 0 fully saturated rings. The monoisotopic (exact) mass is 236 g/mol. The van der Waals surface area contributed by atoms with Gasteiger partial charge in [0, 0.05) is 11.8 Å². The second kappa shape index (κ2) is 5.72. The molecular formula is C12H20N4O. The fourth-order valence-corrected chi connectivity index (χ4v) is 1.61. The third-order valence-corrected chi connectivity index (χ3v) is 2.28. The zero-order valence-electron chi connectivity index (χ0n) is 10.8. The molecule has 17 heavy (non-hydrogen) atoms. The number of anilines is 1. The Morgan fingerprint density at radius 2 is 2.06 bits per heavy atom. The van der Waals surface area contributed by atoms with E-state index in [-0.39, 0.29) is 5.91 Å². The van der Waals surface area contributed by atoms with Crippen molar-refractivity contribution in [2.24, 2.45) is 11.7 Å². The number of hydrogen-bond donors (Lipinski definition) is 2. The number of rotatable bonds is 4. The number of amides is 1. The molecule has 5 nitrogen and oxygen atoms in total. The van der Waals surface area contributed by atoms with Crippen molar-refractivity contribution in [3.8, 4) is 0 Å². The number of aromatic nitrogens is 2. The molecule has 1 rings (SSSR count). The van der Waals surface area contributed by atoms with Gasteiger partial charge >= 0.3 is 0 Å². The predicted octanol–water partition coefficient (Wildman–Crippen LogP) is 1.41. The van der Waals surface area contributed by atoms with E-state index in [1.54, 1.807) is 13.0 Å². The highest BCUT2D eigenvalue weighted by molar-refractivity contribution is 5.93. The highest BCUT2D eigenvalue weighted by atomic mass is 16.2. The van der Waals surface area contributed by atoms with Gasteiger partial charge in [-0.15, -0.1) is 0 Å². The number of nitrogens with zero attached hydrogens (tertiary/aromatic N) is 2. The van der Waals surface area contributed by atoms with Gasteiger partial charge in [0.25, 0.3) is 0 Å². The molecule has 94 valence electrons. The lowest BCUT2D eigenvalue weighted by Gasteiger charge is -2.14. The van der Waals surface area contributed by atoms with E-state index < -0.39 is 6.04 Å². The van der Waals surface area contributed by atoms with Crippen LogP contribution < -0.4 is 11.1 Å². The van der Waals surface area contributed by atoms with Crippen LogP contribution in [-0.4, -0.2) is 21.9 Å². The van der Waals surface area contributed by atoms with Crippen molar-refractivity contribution in [3.63, 3.8) is 0 Å². The molecule has 0 bridgehead atoms. The number of aryl methyl sites for hydroxylation is 2. The van der Waals surface area contributed by atoms with Crippen LogP contribution in [0.2, 0.25) is 0 Å². The normalized spacial score (nSPS) is 12.6. The van der Waals surface area contributed by atoms with Crippen molar-refractivity contribution in [1.29, 1.82) is 0 Å². The molecule has 0 radical (unpaired) electrons. The summed E-state index contributed by atoms with van der Waals surface area (Å²) < 4.78 is 0. The minimum absolute atomic E-state index is 0.198. The van der Waals surface area contributed by atoms with Crippen molar-refractivity contribution in [2.75, 3.05) is 5.32 Å². The molecule has 0 spiro atoms. The number of nitrogens with two attached hydrogens (primary N) is 1. The van der Waals surface area contributed by atoms with Gasteiger partial charge in [-0.25, -0.2) is 9.97 Å². The number of carbonyl (C=O) groups is 1.